The number of hydrogen-bond acceptors (Lipinski definition) is 5. The smallest absolute Gasteiger partial charge is 0.257 e. The molecule has 146 valence electrons. The van der Waals surface area contributed by atoms with Gasteiger partial charge in [-0.1, -0.05) is 17.7 Å². The monoisotopic (exact) mass is 407 g/mol. The minimum Gasteiger partial charge on any atom is -0.322 e. The quantitative estimate of drug-likeness (QED) is 0.694. The number of nitrogens with zero attached hydrogens (tertiary/aromatic N) is 3. The van der Waals surface area contributed by atoms with Gasteiger partial charge >= 0.3 is 0 Å². The topological polar surface area (TPSA) is 87.2 Å². The number of carbonyl (C=O) groups excluding carboxylic acids is 2. The zero-order chi connectivity index (χ0) is 20.2. The number of halogens is 1. The Balaban J connectivity index is 1.50. The van der Waals surface area contributed by atoms with Gasteiger partial charge in [0.2, 0.25) is 5.91 Å². The van der Waals surface area contributed by atoms with Crippen LogP contribution in [0.25, 0.3) is 11.3 Å². The molecule has 0 saturated carbocycles. The number of rotatable bonds is 4. The van der Waals surface area contributed by atoms with Gasteiger partial charge in [0.25, 0.3) is 5.91 Å². The van der Waals surface area contributed by atoms with Gasteiger partial charge in [-0.05, 0) is 42.5 Å². The van der Waals surface area contributed by atoms with Gasteiger partial charge in [-0.15, -0.1) is 0 Å². The number of anilines is 2. The fourth-order valence-corrected chi connectivity index (χ4v) is 3.27. The van der Waals surface area contributed by atoms with Crippen molar-refractivity contribution in [3.8, 4) is 11.3 Å². The number of pyridine rings is 2. The molecule has 3 aromatic rings. The lowest BCUT2D eigenvalue weighted by molar-refractivity contribution is -0.118. The fraction of sp³-hybridized carbons (Fsp3) is 0.143. The summed E-state index contributed by atoms with van der Waals surface area (Å²) >= 11 is 6.29. The molecule has 0 radical (unpaired) electrons. The molecule has 0 spiro atoms. The Morgan fingerprint density at radius 2 is 2.03 bits per heavy atom. The molecular formula is C21H18ClN5O2. The summed E-state index contributed by atoms with van der Waals surface area (Å²) in [5, 5.41) is 6.41. The Hall–Kier alpha value is -3.29. The predicted molar refractivity (Wildman–Crippen MR) is 112 cm³/mol. The number of nitrogens with one attached hydrogen (secondary N) is 2. The van der Waals surface area contributed by atoms with E-state index < -0.39 is 0 Å². The second-order valence-electron chi connectivity index (χ2n) is 6.49. The average Bonchev–Trinajstić information content (AvgIpc) is 2.76. The van der Waals surface area contributed by atoms with Gasteiger partial charge in [0.1, 0.15) is 5.82 Å². The molecule has 0 aliphatic carbocycles. The molecule has 1 fully saturated rings. The number of carbonyl (C=O) groups is 2. The number of amides is 2. The van der Waals surface area contributed by atoms with E-state index in [2.05, 4.69) is 20.6 Å². The van der Waals surface area contributed by atoms with Gasteiger partial charge in [0.05, 0.1) is 22.8 Å². The summed E-state index contributed by atoms with van der Waals surface area (Å²) in [7, 11) is 0. The normalized spacial score (nSPS) is 14.0. The highest BCUT2D eigenvalue weighted by Crippen LogP contribution is 2.29. The third kappa shape index (κ3) is 4.26. The lowest BCUT2D eigenvalue weighted by Gasteiger charge is -2.26. The first-order valence-electron chi connectivity index (χ1n) is 9.11. The summed E-state index contributed by atoms with van der Waals surface area (Å²) in [6.07, 6.45) is 3.16. The standard InChI is InChI=1S/C21H18ClN5O2/c22-17-6-5-15(11-16(17)18-3-1-2-8-24-18)26-21(29)14-4-7-19(25-12-14)27-10-9-23-13-20(27)28/h1-8,11-12,23H,9-10,13H2,(H,26,29). The third-order valence-corrected chi connectivity index (χ3v) is 4.87. The van der Waals surface area contributed by atoms with Crippen molar-refractivity contribution in [2.24, 2.45) is 0 Å². The molecule has 2 N–H and O–H groups in total. The summed E-state index contributed by atoms with van der Waals surface area (Å²) in [6.45, 7) is 1.56. The van der Waals surface area contributed by atoms with E-state index in [4.69, 9.17) is 11.6 Å². The van der Waals surface area contributed by atoms with Gasteiger partial charge in [0.15, 0.2) is 0 Å². The van der Waals surface area contributed by atoms with Crippen LogP contribution in [0.2, 0.25) is 5.02 Å². The second-order valence-corrected chi connectivity index (χ2v) is 6.90. The highest BCUT2D eigenvalue weighted by molar-refractivity contribution is 6.33. The van der Waals surface area contributed by atoms with Crippen LogP contribution in [0.4, 0.5) is 11.5 Å². The van der Waals surface area contributed by atoms with Crippen molar-refractivity contribution in [2.45, 2.75) is 0 Å². The Morgan fingerprint density at radius 3 is 2.76 bits per heavy atom. The Kier molecular flexibility index (Phi) is 5.50. The molecular weight excluding hydrogens is 390 g/mol. The molecule has 1 aliphatic heterocycles. The van der Waals surface area contributed by atoms with Crippen molar-refractivity contribution in [3.05, 3.63) is 71.5 Å². The maximum absolute atomic E-state index is 12.6. The van der Waals surface area contributed by atoms with E-state index in [1.165, 1.54) is 6.20 Å². The first-order chi connectivity index (χ1) is 14.1. The van der Waals surface area contributed by atoms with Crippen LogP contribution in [0.3, 0.4) is 0 Å². The molecule has 2 aromatic heterocycles. The van der Waals surface area contributed by atoms with E-state index in [9.17, 15) is 9.59 Å². The molecule has 2 amide bonds. The zero-order valence-corrected chi connectivity index (χ0v) is 16.2. The number of piperazine rings is 1. The van der Waals surface area contributed by atoms with E-state index in [0.29, 0.717) is 41.7 Å². The lowest BCUT2D eigenvalue weighted by atomic mass is 10.1. The minimum absolute atomic E-state index is 0.0378. The molecule has 1 aliphatic rings. The number of aromatic nitrogens is 2. The SMILES string of the molecule is O=C(Nc1ccc(Cl)c(-c2ccccn2)c1)c1ccc(N2CCNCC2=O)nc1. The molecule has 0 atom stereocenters. The minimum atomic E-state index is -0.301. The lowest BCUT2D eigenvalue weighted by Crippen LogP contribution is -2.48. The molecule has 29 heavy (non-hydrogen) atoms. The summed E-state index contributed by atoms with van der Waals surface area (Å²) < 4.78 is 0. The molecule has 1 saturated heterocycles. The average molecular weight is 408 g/mol. The molecule has 1 aromatic carbocycles. The van der Waals surface area contributed by atoms with Gasteiger partial charge in [-0.25, -0.2) is 4.98 Å². The Labute approximate surface area is 172 Å². The van der Waals surface area contributed by atoms with Gasteiger partial charge < -0.3 is 10.6 Å². The van der Waals surface area contributed by atoms with Crippen LogP contribution < -0.4 is 15.5 Å². The van der Waals surface area contributed by atoms with Crippen molar-refractivity contribution in [1.29, 1.82) is 0 Å². The van der Waals surface area contributed by atoms with Crippen molar-refractivity contribution in [2.75, 3.05) is 29.9 Å². The van der Waals surface area contributed by atoms with Gasteiger partial charge in [-0.2, -0.15) is 0 Å². The fourth-order valence-electron chi connectivity index (χ4n) is 3.05. The summed E-state index contributed by atoms with van der Waals surface area (Å²) in [5.41, 5.74) is 2.45. The van der Waals surface area contributed by atoms with Crippen molar-refractivity contribution >= 4 is 34.9 Å². The number of benzene rings is 1. The van der Waals surface area contributed by atoms with Crippen molar-refractivity contribution in [1.82, 2.24) is 15.3 Å². The van der Waals surface area contributed by atoms with E-state index in [0.717, 1.165) is 11.3 Å². The third-order valence-electron chi connectivity index (χ3n) is 4.54. The van der Waals surface area contributed by atoms with E-state index >= 15 is 0 Å². The van der Waals surface area contributed by atoms with Crippen molar-refractivity contribution in [3.63, 3.8) is 0 Å². The predicted octanol–water partition coefficient (Wildman–Crippen LogP) is 2.99. The van der Waals surface area contributed by atoms with Crippen LogP contribution in [-0.2, 0) is 4.79 Å². The van der Waals surface area contributed by atoms with Crippen LogP contribution in [0.1, 0.15) is 10.4 Å². The molecule has 7 nitrogen and oxygen atoms in total. The molecule has 8 heteroatoms. The van der Waals surface area contributed by atoms with E-state index in [1.807, 2.05) is 18.2 Å². The Morgan fingerprint density at radius 1 is 1.14 bits per heavy atom. The molecule has 0 bridgehead atoms. The largest absolute Gasteiger partial charge is 0.322 e. The van der Waals surface area contributed by atoms with Crippen LogP contribution in [0.15, 0.2) is 60.9 Å². The van der Waals surface area contributed by atoms with Gasteiger partial charge in [-0.3, -0.25) is 19.5 Å². The first kappa shape index (κ1) is 19.0. The van der Waals surface area contributed by atoms with Crippen LogP contribution in [-0.4, -0.2) is 41.4 Å². The van der Waals surface area contributed by atoms with E-state index in [-0.39, 0.29) is 11.8 Å². The second kappa shape index (κ2) is 8.38. The summed E-state index contributed by atoms with van der Waals surface area (Å²) in [6, 6.07) is 14.1. The van der Waals surface area contributed by atoms with Crippen LogP contribution >= 0.6 is 11.6 Å². The maximum atomic E-state index is 12.6. The van der Waals surface area contributed by atoms with Crippen LogP contribution in [0, 0.1) is 0 Å². The summed E-state index contributed by atoms with van der Waals surface area (Å²) in [4.78, 5) is 34.8. The Bertz CT molecular complexity index is 1040. The highest BCUT2D eigenvalue weighted by Gasteiger charge is 2.20. The van der Waals surface area contributed by atoms with Gasteiger partial charge in [0, 0.05) is 36.7 Å². The van der Waals surface area contributed by atoms with Crippen molar-refractivity contribution < 1.29 is 9.59 Å². The van der Waals surface area contributed by atoms with Crippen LogP contribution in [0.5, 0.6) is 0 Å². The molecule has 4 rings (SSSR count). The first-order valence-corrected chi connectivity index (χ1v) is 9.49. The molecule has 3 heterocycles. The zero-order valence-electron chi connectivity index (χ0n) is 15.4. The molecule has 0 unspecified atom stereocenters. The number of hydrogen-bond donors (Lipinski definition) is 2. The maximum Gasteiger partial charge on any atom is 0.257 e. The highest BCUT2D eigenvalue weighted by atomic mass is 35.5. The van der Waals surface area contributed by atoms with E-state index in [1.54, 1.807) is 41.4 Å². The summed E-state index contributed by atoms with van der Waals surface area (Å²) in [5.74, 6) is 0.200.